The fraction of sp³-hybridized carbons (Fsp3) is 0.385. The van der Waals surface area contributed by atoms with Crippen LogP contribution in [0.5, 0.6) is 0 Å². The molecule has 0 bridgehead atoms. The number of rotatable bonds is 5. The summed E-state index contributed by atoms with van der Waals surface area (Å²) in [6.45, 7) is 4.81. The molecule has 0 saturated carbocycles. The number of amides is 3. The van der Waals surface area contributed by atoms with Gasteiger partial charge in [0, 0.05) is 12.6 Å². The number of hydrogen-bond acceptors (Lipinski definition) is 3. The second kappa shape index (κ2) is 6.76. The molecule has 5 heteroatoms. The first-order valence-corrected chi connectivity index (χ1v) is 5.86. The Bertz CT molecular complexity index is 404. The van der Waals surface area contributed by atoms with E-state index < -0.39 is 6.03 Å². The van der Waals surface area contributed by atoms with Crippen LogP contribution in [0.3, 0.4) is 0 Å². The van der Waals surface area contributed by atoms with E-state index in [1.807, 2.05) is 49.1 Å². The number of urea groups is 1. The zero-order chi connectivity index (χ0) is 13.5. The Morgan fingerprint density at radius 3 is 2.39 bits per heavy atom. The van der Waals surface area contributed by atoms with Crippen LogP contribution in [0.2, 0.25) is 0 Å². The van der Waals surface area contributed by atoms with Gasteiger partial charge in [-0.25, -0.2) is 4.79 Å². The Hall–Kier alpha value is -1.88. The molecule has 0 heterocycles. The van der Waals surface area contributed by atoms with E-state index in [-0.39, 0.29) is 18.5 Å². The van der Waals surface area contributed by atoms with Gasteiger partial charge in [0.1, 0.15) is 0 Å². The van der Waals surface area contributed by atoms with Crippen molar-refractivity contribution in [2.75, 3.05) is 6.54 Å². The van der Waals surface area contributed by atoms with Crippen LogP contribution in [0.25, 0.3) is 0 Å². The van der Waals surface area contributed by atoms with Crippen LogP contribution < -0.4 is 11.1 Å². The standard InChI is InChI=1S/C13H19N3O2/c1-10(2)16(9-12(17)15-13(14)18)8-11-6-4-3-5-7-11/h3-7,10H,8-9H2,1-2H3,(H3,14,15,17,18). The number of nitrogens with two attached hydrogens (primary N) is 1. The second-order valence-electron chi connectivity index (χ2n) is 4.40. The number of imide groups is 1. The molecule has 0 aliphatic carbocycles. The molecule has 98 valence electrons. The van der Waals surface area contributed by atoms with Crippen LogP contribution in [0, 0.1) is 0 Å². The van der Waals surface area contributed by atoms with Gasteiger partial charge in [0.25, 0.3) is 0 Å². The summed E-state index contributed by atoms with van der Waals surface area (Å²) >= 11 is 0. The van der Waals surface area contributed by atoms with E-state index in [1.54, 1.807) is 0 Å². The monoisotopic (exact) mass is 249 g/mol. The number of carbonyl (C=O) groups is 2. The van der Waals surface area contributed by atoms with Crippen molar-refractivity contribution in [2.24, 2.45) is 5.73 Å². The van der Waals surface area contributed by atoms with Crippen molar-refractivity contribution < 1.29 is 9.59 Å². The van der Waals surface area contributed by atoms with Crippen LogP contribution >= 0.6 is 0 Å². The molecule has 0 saturated heterocycles. The summed E-state index contributed by atoms with van der Waals surface area (Å²) in [6.07, 6.45) is 0. The molecule has 1 aromatic rings. The highest BCUT2D eigenvalue weighted by atomic mass is 16.2. The Morgan fingerprint density at radius 2 is 1.89 bits per heavy atom. The average Bonchev–Trinajstić information content (AvgIpc) is 2.28. The predicted octanol–water partition coefficient (Wildman–Crippen LogP) is 1.09. The number of primary amides is 1. The predicted molar refractivity (Wildman–Crippen MR) is 69.7 cm³/mol. The van der Waals surface area contributed by atoms with Crippen molar-refractivity contribution in [3.05, 3.63) is 35.9 Å². The summed E-state index contributed by atoms with van der Waals surface area (Å²) in [5, 5.41) is 2.07. The first-order chi connectivity index (χ1) is 8.49. The molecule has 0 aliphatic heterocycles. The molecular formula is C13H19N3O2. The molecule has 0 radical (unpaired) electrons. The maximum Gasteiger partial charge on any atom is 0.318 e. The molecule has 0 atom stereocenters. The van der Waals surface area contributed by atoms with E-state index >= 15 is 0 Å². The van der Waals surface area contributed by atoms with E-state index in [4.69, 9.17) is 5.73 Å². The van der Waals surface area contributed by atoms with Gasteiger partial charge in [-0.15, -0.1) is 0 Å². The summed E-state index contributed by atoms with van der Waals surface area (Å²) < 4.78 is 0. The highest BCUT2D eigenvalue weighted by Gasteiger charge is 2.15. The molecule has 3 N–H and O–H groups in total. The average molecular weight is 249 g/mol. The van der Waals surface area contributed by atoms with Crippen LogP contribution in [0.1, 0.15) is 19.4 Å². The third-order valence-electron chi connectivity index (χ3n) is 2.57. The molecule has 0 spiro atoms. The SMILES string of the molecule is CC(C)N(CC(=O)NC(N)=O)Cc1ccccc1. The van der Waals surface area contributed by atoms with Crippen LogP contribution in [-0.4, -0.2) is 29.4 Å². The third-order valence-corrected chi connectivity index (χ3v) is 2.57. The minimum Gasteiger partial charge on any atom is -0.351 e. The largest absolute Gasteiger partial charge is 0.351 e. The van der Waals surface area contributed by atoms with Crippen molar-refractivity contribution in [1.29, 1.82) is 0 Å². The fourth-order valence-electron chi connectivity index (χ4n) is 1.60. The molecular weight excluding hydrogens is 230 g/mol. The quantitative estimate of drug-likeness (QED) is 0.820. The number of hydrogen-bond donors (Lipinski definition) is 2. The van der Waals surface area contributed by atoms with Gasteiger partial charge in [0.15, 0.2) is 0 Å². The first kappa shape index (κ1) is 14.2. The van der Waals surface area contributed by atoms with Gasteiger partial charge < -0.3 is 5.73 Å². The Labute approximate surface area is 107 Å². The van der Waals surface area contributed by atoms with E-state index in [2.05, 4.69) is 5.32 Å². The lowest BCUT2D eigenvalue weighted by Gasteiger charge is -2.25. The maximum absolute atomic E-state index is 11.5. The summed E-state index contributed by atoms with van der Waals surface area (Å²) in [5.74, 6) is -0.382. The smallest absolute Gasteiger partial charge is 0.318 e. The fourth-order valence-corrected chi connectivity index (χ4v) is 1.60. The van der Waals surface area contributed by atoms with Gasteiger partial charge in [-0.1, -0.05) is 30.3 Å². The lowest BCUT2D eigenvalue weighted by molar-refractivity contribution is -0.121. The summed E-state index contributed by atoms with van der Waals surface area (Å²) in [4.78, 5) is 24.1. The number of benzene rings is 1. The van der Waals surface area contributed by atoms with Gasteiger partial charge in [-0.05, 0) is 19.4 Å². The van der Waals surface area contributed by atoms with Crippen LogP contribution in [0.15, 0.2) is 30.3 Å². The topological polar surface area (TPSA) is 75.4 Å². The summed E-state index contributed by atoms with van der Waals surface area (Å²) in [7, 11) is 0. The van der Waals surface area contributed by atoms with Crippen molar-refractivity contribution in [1.82, 2.24) is 10.2 Å². The van der Waals surface area contributed by atoms with Gasteiger partial charge in [-0.3, -0.25) is 15.0 Å². The summed E-state index contributed by atoms with van der Waals surface area (Å²) in [5.41, 5.74) is 6.03. The molecule has 0 fully saturated rings. The number of carbonyl (C=O) groups excluding carboxylic acids is 2. The van der Waals surface area contributed by atoms with Crippen molar-refractivity contribution in [3.63, 3.8) is 0 Å². The second-order valence-corrected chi connectivity index (χ2v) is 4.40. The molecule has 5 nitrogen and oxygen atoms in total. The van der Waals surface area contributed by atoms with Crippen molar-refractivity contribution >= 4 is 11.9 Å². The van der Waals surface area contributed by atoms with E-state index in [0.717, 1.165) is 5.56 Å². The lowest BCUT2D eigenvalue weighted by Crippen LogP contribution is -2.44. The highest BCUT2D eigenvalue weighted by molar-refractivity contribution is 5.94. The zero-order valence-corrected chi connectivity index (χ0v) is 10.7. The van der Waals surface area contributed by atoms with Crippen LogP contribution in [0.4, 0.5) is 4.79 Å². The Kier molecular flexibility index (Phi) is 5.32. The van der Waals surface area contributed by atoms with Crippen molar-refractivity contribution in [2.45, 2.75) is 26.4 Å². The van der Waals surface area contributed by atoms with Crippen LogP contribution in [-0.2, 0) is 11.3 Å². The minimum absolute atomic E-state index is 0.148. The summed E-state index contributed by atoms with van der Waals surface area (Å²) in [6, 6.07) is 9.24. The number of nitrogens with one attached hydrogen (secondary N) is 1. The lowest BCUT2D eigenvalue weighted by atomic mass is 10.2. The van der Waals surface area contributed by atoms with Gasteiger partial charge >= 0.3 is 6.03 Å². The normalized spacial score (nSPS) is 10.7. The van der Waals surface area contributed by atoms with Gasteiger partial charge in [0.05, 0.1) is 6.54 Å². The van der Waals surface area contributed by atoms with Gasteiger partial charge in [0.2, 0.25) is 5.91 Å². The van der Waals surface area contributed by atoms with Gasteiger partial charge in [-0.2, -0.15) is 0 Å². The molecule has 0 aliphatic rings. The molecule has 1 aromatic carbocycles. The minimum atomic E-state index is -0.816. The third kappa shape index (κ3) is 4.97. The number of nitrogens with zero attached hydrogens (tertiary/aromatic N) is 1. The van der Waals surface area contributed by atoms with E-state index in [9.17, 15) is 9.59 Å². The molecule has 3 amide bonds. The molecule has 18 heavy (non-hydrogen) atoms. The molecule has 0 unspecified atom stereocenters. The Morgan fingerprint density at radius 1 is 1.28 bits per heavy atom. The zero-order valence-electron chi connectivity index (χ0n) is 10.7. The Balaban J connectivity index is 2.61. The maximum atomic E-state index is 11.5. The van der Waals surface area contributed by atoms with E-state index in [0.29, 0.717) is 6.54 Å². The highest BCUT2D eigenvalue weighted by Crippen LogP contribution is 2.07. The van der Waals surface area contributed by atoms with E-state index in [1.165, 1.54) is 0 Å². The molecule has 0 aromatic heterocycles. The first-order valence-electron chi connectivity index (χ1n) is 5.86. The molecule has 1 rings (SSSR count). The van der Waals surface area contributed by atoms with Crippen molar-refractivity contribution in [3.8, 4) is 0 Å².